The molecule has 0 saturated heterocycles. The number of ether oxygens (including phenoxy) is 3. The number of nitrogens with zero attached hydrogens (tertiary/aromatic N) is 1. The first-order valence-corrected chi connectivity index (χ1v) is 12.2. The van der Waals surface area contributed by atoms with E-state index in [0.29, 0.717) is 36.8 Å². The summed E-state index contributed by atoms with van der Waals surface area (Å²) < 4.78 is 41.9. The lowest BCUT2D eigenvalue weighted by atomic mass is 10.1. The van der Waals surface area contributed by atoms with Crippen LogP contribution in [0, 0.1) is 13.8 Å². The Hall–Kier alpha value is -2.94. The number of sulfonamides is 1. The molecule has 0 fully saturated rings. The highest BCUT2D eigenvalue weighted by molar-refractivity contribution is 7.92. The van der Waals surface area contributed by atoms with Crippen LogP contribution in [-0.4, -0.2) is 54.5 Å². The van der Waals surface area contributed by atoms with E-state index in [-0.39, 0.29) is 18.9 Å². The second kappa shape index (κ2) is 11.6. The summed E-state index contributed by atoms with van der Waals surface area (Å²) in [6.45, 7) is 4.95. The van der Waals surface area contributed by atoms with Crippen molar-refractivity contribution in [2.24, 2.45) is 0 Å². The molecule has 2 aromatic carbocycles. The van der Waals surface area contributed by atoms with Crippen molar-refractivity contribution >= 4 is 21.6 Å². The molecule has 0 aliphatic rings. The minimum absolute atomic E-state index is 0.158. The van der Waals surface area contributed by atoms with Gasteiger partial charge in [0.05, 0.1) is 32.7 Å². The topological polar surface area (TPSA) is 94.2 Å². The van der Waals surface area contributed by atoms with Gasteiger partial charge in [0.1, 0.15) is 12.4 Å². The summed E-state index contributed by atoms with van der Waals surface area (Å²) in [5.74, 6) is 1.54. The Morgan fingerprint density at radius 2 is 1.72 bits per heavy atom. The van der Waals surface area contributed by atoms with E-state index in [1.165, 1.54) is 24.1 Å². The van der Waals surface area contributed by atoms with E-state index in [1.807, 2.05) is 32.0 Å². The molecule has 176 valence electrons. The predicted molar refractivity (Wildman–Crippen MR) is 125 cm³/mol. The van der Waals surface area contributed by atoms with Crippen LogP contribution in [0.2, 0.25) is 0 Å². The van der Waals surface area contributed by atoms with Crippen molar-refractivity contribution in [2.75, 3.05) is 44.5 Å². The molecule has 0 bridgehead atoms. The number of anilines is 1. The van der Waals surface area contributed by atoms with Gasteiger partial charge in [-0.3, -0.25) is 9.10 Å². The number of benzene rings is 2. The Bertz CT molecular complexity index is 1020. The predicted octanol–water partition coefficient (Wildman–Crippen LogP) is 3.06. The molecule has 0 spiro atoms. The summed E-state index contributed by atoms with van der Waals surface area (Å²) in [4.78, 5) is 12.1. The molecule has 2 rings (SSSR count). The van der Waals surface area contributed by atoms with Gasteiger partial charge in [0.15, 0.2) is 11.5 Å². The number of aryl methyl sites for hydroxylation is 2. The number of carbonyl (C=O) groups is 1. The van der Waals surface area contributed by atoms with Crippen molar-refractivity contribution in [1.82, 2.24) is 5.32 Å². The standard InChI is InChI=1S/C23H32N2O6S/c1-17-8-10-20(15-18(17)2)31-14-12-24-23(26)7-6-13-25(32(5,27)28)19-9-11-21(29-3)22(16-19)30-4/h8-11,15-16H,6-7,12-14H2,1-5H3,(H,24,26). The maximum Gasteiger partial charge on any atom is 0.232 e. The van der Waals surface area contributed by atoms with E-state index >= 15 is 0 Å². The second-order valence-corrected chi connectivity index (χ2v) is 9.33. The Labute approximate surface area is 190 Å². The number of methoxy groups -OCH3 is 2. The summed E-state index contributed by atoms with van der Waals surface area (Å²) in [6.07, 6.45) is 1.70. The zero-order valence-corrected chi connectivity index (χ0v) is 20.1. The number of rotatable bonds is 12. The smallest absolute Gasteiger partial charge is 0.232 e. The van der Waals surface area contributed by atoms with Crippen LogP contribution in [0.5, 0.6) is 17.2 Å². The monoisotopic (exact) mass is 464 g/mol. The molecule has 2 aromatic rings. The molecule has 0 saturated carbocycles. The number of hydrogen-bond acceptors (Lipinski definition) is 6. The minimum atomic E-state index is -3.53. The van der Waals surface area contributed by atoms with Crippen LogP contribution in [0.25, 0.3) is 0 Å². The van der Waals surface area contributed by atoms with Gasteiger partial charge in [-0.2, -0.15) is 0 Å². The Kier molecular flexibility index (Phi) is 9.19. The highest BCUT2D eigenvalue weighted by Gasteiger charge is 2.19. The van der Waals surface area contributed by atoms with Crippen LogP contribution in [0.15, 0.2) is 36.4 Å². The average Bonchev–Trinajstić information content (AvgIpc) is 2.75. The zero-order valence-electron chi connectivity index (χ0n) is 19.3. The number of amides is 1. The summed E-state index contributed by atoms with van der Waals surface area (Å²) in [7, 11) is -0.536. The fraction of sp³-hybridized carbons (Fsp3) is 0.435. The van der Waals surface area contributed by atoms with Crippen molar-refractivity contribution in [3.8, 4) is 17.2 Å². The summed E-state index contributed by atoms with van der Waals surface area (Å²) in [5.41, 5.74) is 2.80. The van der Waals surface area contributed by atoms with E-state index in [9.17, 15) is 13.2 Å². The molecule has 0 heterocycles. The number of nitrogens with one attached hydrogen (secondary N) is 1. The van der Waals surface area contributed by atoms with E-state index in [0.717, 1.165) is 17.6 Å². The Balaban J connectivity index is 1.83. The second-order valence-electron chi connectivity index (χ2n) is 7.42. The molecule has 0 aromatic heterocycles. The Morgan fingerprint density at radius 1 is 1.00 bits per heavy atom. The van der Waals surface area contributed by atoms with Crippen LogP contribution in [0.3, 0.4) is 0 Å². The van der Waals surface area contributed by atoms with Gasteiger partial charge in [0.25, 0.3) is 0 Å². The van der Waals surface area contributed by atoms with Gasteiger partial charge >= 0.3 is 0 Å². The first kappa shape index (κ1) is 25.3. The fourth-order valence-corrected chi connectivity index (χ4v) is 4.06. The maximum atomic E-state index is 12.3. The molecule has 1 amide bonds. The Morgan fingerprint density at radius 3 is 2.34 bits per heavy atom. The van der Waals surface area contributed by atoms with Gasteiger partial charge in [0, 0.05) is 19.0 Å². The van der Waals surface area contributed by atoms with Crippen LogP contribution in [-0.2, 0) is 14.8 Å². The normalized spacial score (nSPS) is 11.0. The largest absolute Gasteiger partial charge is 0.493 e. The molecule has 0 atom stereocenters. The SMILES string of the molecule is COc1ccc(N(CCCC(=O)NCCOc2ccc(C)c(C)c2)S(C)(=O)=O)cc1OC. The minimum Gasteiger partial charge on any atom is -0.493 e. The van der Waals surface area contributed by atoms with Gasteiger partial charge in [-0.25, -0.2) is 8.42 Å². The molecular formula is C23H32N2O6S. The first-order valence-electron chi connectivity index (χ1n) is 10.3. The third-order valence-corrected chi connectivity index (χ3v) is 6.19. The zero-order chi connectivity index (χ0) is 23.7. The summed E-state index contributed by atoms with van der Waals surface area (Å²) in [6, 6.07) is 10.8. The van der Waals surface area contributed by atoms with Crippen molar-refractivity contribution in [3.63, 3.8) is 0 Å². The van der Waals surface area contributed by atoms with E-state index in [4.69, 9.17) is 14.2 Å². The van der Waals surface area contributed by atoms with Crippen LogP contribution in [0.4, 0.5) is 5.69 Å². The third kappa shape index (κ3) is 7.33. The molecule has 0 aliphatic carbocycles. The van der Waals surface area contributed by atoms with Crippen molar-refractivity contribution < 1.29 is 27.4 Å². The summed E-state index contributed by atoms with van der Waals surface area (Å²) in [5, 5.41) is 2.80. The van der Waals surface area contributed by atoms with Crippen LogP contribution >= 0.6 is 0 Å². The van der Waals surface area contributed by atoms with Crippen molar-refractivity contribution in [2.45, 2.75) is 26.7 Å². The van der Waals surface area contributed by atoms with E-state index in [1.54, 1.807) is 18.2 Å². The maximum absolute atomic E-state index is 12.3. The van der Waals surface area contributed by atoms with Gasteiger partial charge in [0.2, 0.25) is 15.9 Å². The quantitative estimate of drug-likeness (QED) is 0.485. The molecule has 0 aliphatic heterocycles. The average molecular weight is 465 g/mol. The molecule has 9 heteroatoms. The third-order valence-electron chi connectivity index (χ3n) is 4.99. The molecule has 0 unspecified atom stereocenters. The van der Waals surface area contributed by atoms with E-state index in [2.05, 4.69) is 5.32 Å². The van der Waals surface area contributed by atoms with E-state index < -0.39 is 10.0 Å². The number of carbonyl (C=O) groups excluding carboxylic acids is 1. The van der Waals surface area contributed by atoms with Crippen molar-refractivity contribution in [3.05, 3.63) is 47.5 Å². The molecule has 0 radical (unpaired) electrons. The van der Waals surface area contributed by atoms with Crippen LogP contribution < -0.4 is 23.8 Å². The number of hydrogen-bond donors (Lipinski definition) is 1. The van der Waals surface area contributed by atoms with Gasteiger partial charge in [-0.05, 0) is 55.7 Å². The fourth-order valence-electron chi connectivity index (χ4n) is 3.10. The van der Waals surface area contributed by atoms with Gasteiger partial charge in [-0.1, -0.05) is 6.07 Å². The summed E-state index contributed by atoms with van der Waals surface area (Å²) >= 11 is 0. The lowest BCUT2D eigenvalue weighted by molar-refractivity contribution is -0.121. The molecule has 32 heavy (non-hydrogen) atoms. The molecular weight excluding hydrogens is 432 g/mol. The van der Waals surface area contributed by atoms with Crippen LogP contribution in [0.1, 0.15) is 24.0 Å². The lowest BCUT2D eigenvalue weighted by Crippen LogP contribution is -2.33. The highest BCUT2D eigenvalue weighted by Crippen LogP contribution is 2.32. The molecule has 8 nitrogen and oxygen atoms in total. The molecule has 1 N–H and O–H groups in total. The van der Waals surface area contributed by atoms with Gasteiger partial charge < -0.3 is 19.5 Å². The first-order chi connectivity index (χ1) is 15.2. The highest BCUT2D eigenvalue weighted by atomic mass is 32.2. The lowest BCUT2D eigenvalue weighted by Gasteiger charge is -2.23. The van der Waals surface area contributed by atoms with Crippen molar-refractivity contribution in [1.29, 1.82) is 0 Å². The van der Waals surface area contributed by atoms with Gasteiger partial charge in [-0.15, -0.1) is 0 Å².